The van der Waals surface area contributed by atoms with Crippen LogP contribution in [0.15, 0.2) is 35.5 Å². The molecule has 0 aromatic carbocycles. The number of fused-ring (bicyclic) bond motifs is 3. The van der Waals surface area contributed by atoms with Crippen LogP contribution in [0.2, 0.25) is 0 Å². The van der Waals surface area contributed by atoms with Crippen LogP contribution in [0.5, 0.6) is 0 Å². The van der Waals surface area contributed by atoms with Crippen LogP contribution in [0.3, 0.4) is 0 Å². The van der Waals surface area contributed by atoms with Crippen molar-refractivity contribution in [3.05, 3.63) is 35.5 Å². The molecule has 1 saturated carbocycles. The van der Waals surface area contributed by atoms with Gasteiger partial charge in [-0.2, -0.15) is 0 Å². The van der Waals surface area contributed by atoms with E-state index in [0.717, 1.165) is 5.57 Å². The monoisotopic (exact) mass is 876 g/mol. The molecule has 5 aliphatic rings. The number of hydrogen-bond acceptors (Lipinski definition) is 14. The van der Waals surface area contributed by atoms with Gasteiger partial charge in [0, 0.05) is 52.0 Å². The van der Waals surface area contributed by atoms with E-state index in [1.54, 1.807) is 40.0 Å². The zero-order valence-electron chi connectivity index (χ0n) is 38.0. The summed E-state index contributed by atoms with van der Waals surface area (Å²) in [5.41, 5.74) is 0.439. The van der Waals surface area contributed by atoms with Crippen LogP contribution in [-0.2, 0) is 47.6 Å². The highest BCUT2D eigenvalue weighted by Crippen LogP contribution is 2.39. The fourth-order valence-corrected chi connectivity index (χ4v) is 10.1. The first kappa shape index (κ1) is 50.1. The van der Waals surface area contributed by atoms with E-state index in [2.05, 4.69) is 0 Å². The molecule has 350 valence electrons. The smallest absolute Gasteiger partial charge is 0.329 e. The number of cyclic esters (lactones) is 1. The Bertz CT molecular complexity index is 1660. The van der Waals surface area contributed by atoms with E-state index in [0.29, 0.717) is 50.5 Å². The number of aliphatic hydroxyl groups excluding tert-OH is 2. The molecule has 1 aliphatic carbocycles. The SMILES string of the molecule is CO[C@H]1C[C@@H](C)C/C(C)=C/[C@@H](C/C=C/C2(O)COC2)C(=O)C[C@H](O)[C@@H](C)[C@@H](/C(C)=C/[C@@H]2CC[C@@H](O)[C@H](OC)C2)OC(=O)[C@@H]2CCCCN2C(=O)C(=O)[C@]2(O)O[C@H]1[C@@H](OC)C[C@H]2C. The summed E-state index contributed by atoms with van der Waals surface area (Å²) in [4.78, 5) is 58.5. The number of aliphatic hydroxyl groups is 4. The van der Waals surface area contributed by atoms with E-state index in [9.17, 15) is 39.6 Å². The number of rotatable bonds is 8. The predicted molar refractivity (Wildman–Crippen MR) is 227 cm³/mol. The number of esters is 1. The average molecular weight is 876 g/mol. The van der Waals surface area contributed by atoms with Crippen molar-refractivity contribution in [3.8, 4) is 0 Å². The standard InChI is InChI=1S/C47H73NO14/c1-27-18-28(2)20-39(58-7)42-40(59-8)22-30(4)47(56,62-42)43(52)44(53)48-17-10-9-13-34(48)45(54)61-41(29(3)21-32-14-15-35(49)38(23-32)57-6)31(5)36(50)24-37(51)33(19-27)12-11-16-46(55)25-60-26-46/h11,16,19,21,28,30-36,38-42,49-50,55-56H,9-10,12-15,17-18,20,22-26H2,1-8H3/b16-11+,27-19+,29-21+/t28-,30+,31+,32-,33+,34-,35+,36-,38+,39-,40-,41+,42+,47+/m0/s1. The van der Waals surface area contributed by atoms with Gasteiger partial charge in [0.2, 0.25) is 5.79 Å². The topological polar surface area (TPSA) is 208 Å². The molecule has 2 bridgehead atoms. The van der Waals surface area contributed by atoms with Crippen molar-refractivity contribution in [2.75, 3.05) is 41.1 Å². The lowest BCUT2D eigenvalue weighted by molar-refractivity contribution is -0.302. The molecular formula is C47H73NO14. The van der Waals surface area contributed by atoms with Gasteiger partial charge in [0.15, 0.2) is 0 Å². The molecule has 14 atom stereocenters. The molecule has 4 aliphatic heterocycles. The molecule has 0 aromatic heterocycles. The molecule has 15 nitrogen and oxygen atoms in total. The number of amides is 1. The van der Waals surface area contributed by atoms with Crippen molar-refractivity contribution in [2.45, 2.75) is 165 Å². The van der Waals surface area contributed by atoms with Crippen molar-refractivity contribution in [1.82, 2.24) is 4.90 Å². The lowest BCUT2D eigenvalue weighted by atomic mass is 9.81. The first-order chi connectivity index (χ1) is 29.3. The third kappa shape index (κ3) is 11.9. The minimum absolute atomic E-state index is 0.0384. The number of carbonyl (C=O) groups excluding carboxylic acids is 4. The van der Waals surface area contributed by atoms with Gasteiger partial charge in [-0.15, -0.1) is 0 Å². The molecule has 0 unspecified atom stereocenters. The maximum absolute atomic E-state index is 14.4. The average Bonchev–Trinajstić information content (AvgIpc) is 3.23. The van der Waals surface area contributed by atoms with Crippen molar-refractivity contribution < 1.29 is 68.0 Å². The molecule has 1 amide bonds. The second kappa shape index (κ2) is 21.9. The molecular weight excluding hydrogens is 803 g/mol. The second-order valence-corrected chi connectivity index (χ2v) is 19.0. The number of ether oxygens (including phenoxy) is 6. The van der Waals surface area contributed by atoms with Crippen LogP contribution in [0, 0.1) is 29.6 Å². The van der Waals surface area contributed by atoms with Crippen LogP contribution in [0.25, 0.3) is 0 Å². The van der Waals surface area contributed by atoms with E-state index in [-0.39, 0.29) is 69.2 Å². The van der Waals surface area contributed by atoms with Gasteiger partial charge < -0.3 is 53.7 Å². The van der Waals surface area contributed by atoms with Gasteiger partial charge in [-0.1, -0.05) is 50.6 Å². The molecule has 0 aromatic rings. The number of nitrogens with zero attached hydrogens (tertiary/aromatic N) is 1. The summed E-state index contributed by atoms with van der Waals surface area (Å²) in [5.74, 6) is -8.17. The third-order valence-corrected chi connectivity index (χ3v) is 14.0. The Balaban J connectivity index is 1.55. The van der Waals surface area contributed by atoms with Crippen LogP contribution < -0.4 is 0 Å². The predicted octanol–water partition coefficient (Wildman–Crippen LogP) is 3.77. The normalized spacial score (nSPS) is 40.8. The fraction of sp³-hybridized carbons (Fsp3) is 0.787. The van der Waals surface area contributed by atoms with E-state index in [1.807, 2.05) is 26.0 Å². The highest BCUT2D eigenvalue weighted by Gasteiger charge is 2.56. The summed E-state index contributed by atoms with van der Waals surface area (Å²) < 4.78 is 35.1. The minimum Gasteiger partial charge on any atom is -0.456 e. The zero-order valence-corrected chi connectivity index (χ0v) is 38.0. The lowest BCUT2D eigenvalue weighted by Gasteiger charge is -2.47. The number of piperidine rings is 1. The van der Waals surface area contributed by atoms with Crippen molar-refractivity contribution in [3.63, 3.8) is 0 Å². The van der Waals surface area contributed by atoms with E-state index >= 15 is 0 Å². The molecule has 0 radical (unpaired) electrons. The van der Waals surface area contributed by atoms with Crippen molar-refractivity contribution in [2.24, 2.45) is 29.6 Å². The maximum atomic E-state index is 14.4. The first-order valence-electron chi connectivity index (χ1n) is 22.6. The number of Topliss-reactive ketones (excluding diaryl/α,β-unsaturated/α-hetero) is 2. The lowest BCUT2D eigenvalue weighted by Crippen LogP contribution is -2.64. The highest BCUT2D eigenvalue weighted by atomic mass is 16.7. The summed E-state index contributed by atoms with van der Waals surface area (Å²) >= 11 is 0. The van der Waals surface area contributed by atoms with Crippen molar-refractivity contribution >= 4 is 23.4 Å². The van der Waals surface area contributed by atoms with Gasteiger partial charge in [0.25, 0.3) is 11.7 Å². The van der Waals surface area contributed by atoms with Gasteiger partial charge in [0.1, 0.15) is 29.6 Å². The third-order valence-electron chi connectivity index (χ3n) is 14.0. The number of methoxy groups -OCH3 is 3. The minimum atomic E-state index is -2.54. The summed E-state index contributed by atoms with van der Waals surface area (Å²) in [7, 11) is 4.59. The Hall–Kier alpha value is -2.86. The van der Waals surface area contributed by atoms with Crippen molar-refractivity contribution in [1.29, 1.82) is 0 Å². The van der Waals surface area contributed by atoms with E-state index in [4.69, 9.17) is 28.4 Å². The van der Waals surface area contributed by atoms with E-state index in [1.165, 1.54) is 19.1 Å². The molecule has 4 N–H and O–H groups in total. The summed E-state index contributed by atoms with van der Waals surface area (Å²) in [6.07, 6.45) is 6.00. The first-order valence-corrected chi connectivity index (χ1v) is 22.6. The quantitative estimate of drug-likeness (QED) is 0.156. The Morgan fingerprint density at radius 2 is 1.56 bits per heavy atom. The van der Waals surface area contributed by atoms with Gasteiger partial charge in [-0.05, 0) is 95.5 Å². The fourth-order valence-electron chi connectivity index (χ4n) is 10.1. The van der Waals surface area contributed by atoms with Crippen LogP contribution >= 0.6 is 0 Å². The Morgan fingerprint density at radius 3 is 2.21 bits per heavy atom. The molecule has 0 spiro atoms. The number of hydrogen-bond donors (Lipinski definition) is 4. The second-order valence-electron chi connectivity index (χ2n) is 19.0. The summed E-state index contributed by atoms with van der Waals surface area (Å²) in [6.45, 7) is 9.49. The number of carbonyl (C=O) groups is 4. The molecule has 3 saturated heterocycles. The zero-order chi connectivity index (χ0) is 45.5. The van der Waals surface area contributed by atoms with Crippen LogP contribution in [-0.4, -0.2) is 150 Å². The largest absolute Gasteiger partial charge is 0.456 e. The molecule has 5 rings (SSSR count). The van der Waals surface area contributed by atoms with E-state index < -0.39 is 89.5 Å². The molecule has 4 fully saturated rings. The Morgan fingerprint density at radius 1 is 0.887 bits per heavy atom. The number of allylic oxidation sites excluding steroid dienone is 4. The van der Waals surface area contributed by atoms with Crippen LogP contribution in [0.1, 0.15) is 105 Å². The highest BCUT2D eigenvalue weighted by molar-refractivity contribution is 6.39. The van der Waals surface area contributed by atoms with Gasteiger partial charge in [0.05, 0.1) is 43.7 Å². The van der Waals surface area contributed by atoms with Crippen LogP contribution in [0.4, 0.5) is 0 Å². The molecule has 15 heteroatoms. The molecule has 62 heavy (non-hydrogen) atoms. The van der Waals surface area contributed by atoms with Gasteiger partial charge in [-0.3, -0.25) is 14.4 Å². The summed E-state index contributed by atoms with van der Waals surface area (Å²) in [5, 5.41) is 45.1. The van der Waals surface area contributed by atoms with Gasteiger partial charge in [-0.25, -0.2) is 4.79 Å². The maximum Gasteiger partial charge on any atom is 0.329 e. The Kier molecular flexibility index (Phi) is 17.7. The van der Waals surface area contributed by atoms with Gasteiger partial charge >= 0.3 is 5.97 Å². The summed E-state index contributed by atoms with van der Waals surface area (Å²) in [6, 6.07) is -1.17. The number of ketones is 2. The Labute approximate surface area is 367 Å². The molecule has 4 heterocycles.